The number of aromatic nitrogens is 2. The van der Waals surface area contributed by atoms with Gasteiger partial charge in [-0.3, -0.25) is 4.79 Å². The van der Waals surface area contributed by atoms with Crippen LogP contribution in [0.25, 0.3) is 0 Å². The van der Waals surface area contributed by atoms with E-state index in [-0.39, 0.29) is 16.9 Å². The summed E-state index contributed by atoms with van der Waals surface area (Å²) in [6.07, 6.45) is 1.43. The molecule has 5 heteroatoms. The molecule has 0 atom stereocenters. The van der Waals surface area contributed by atoms with Gasteiger partial charge in [0.15, 0.2) is 0 Å². The molecule has 1 N–H and O–H groups in total. The molecular weight excluding hydrogens is 166 g/mol. The minimum absolute atomic E-state index is 0.0833. The van der Waals surface area contributed by atoms with Gasteiger partial charge in [0.05, 0.1) is 0 Å². The normalized spacial score (nSPS) is 9.27. The molecule has 1 amide bonds. The van der Waals surface area contributed by atoms with Gasteiger partial charge in [-0.2, -0.15) is 0 Å². The Labute approximate surface area is 68.6 Å². The van der Waals surface area contributed by atoms with E-state index >= 15 is 0 Å². The highest BCUT2D eigenvalue weighted by Gasteiger charge is 2.05. The molecule has 1 aromatic heterocycles. The van der Waals surface area contributed by atoms with Crippen LogP contribution in [0.1, 0.15) is 10.6 Å². The highest BCUT2D eigenvalue weighted by molar-refractivity contribution is 6.29. The van der Waals surface area contributed by atoms with E-state index in [0.29, 0.717) is 0 Å². The number of halogens is 1. The van der Waals surface area contributed by atoms with Gasteiger partial charge in [-0.15, -0.1) is 0 Å². The Bertz CT molecular complexity index is 276. The van der Waals surface area contributed by atoms with Crippen molar-refractivity contribution in [2.45, 2.75) is 0 Å². The van der Waals surface area contributed by atoms with Gasteiger partial charge in [0.2, 0.25) is 5.82 Å². The van der Waals surface area contributed by atoms with Crippen molar-refractivity contribution in [3.63, 3.8) is 0 Å². The molecule has 1 aromatic rings. The van der Waals surface area contributed by atoms with E-state index in [1.54, 1.807) is 0 Å². The molecule has 0 unspecified atom stereocenters. The van der Waals surface area contributed by atoms with E-state index in [0.717, 1.165) is 0 Å². The fraction of sp³-hybridized carbons (Fsp3) is 0.167. The lowest BCUT2D eigenvalue weighted by Crippen LogP contribution is -2.20. The molecule has 1 rings (SSSR count). The van der Waals surface area contributed by atoms with Crippen molar-refractivity contribution in [1.29, 1.82) is 0 Å². The average Bonchev–Trinajstić information content (AvgIpc) is 2.03. The van der Waals surface area contributed by atoms with E-state index in [2.05, 4.69) is 15.3 Å². The van der Waals surface area contributed by atoms with Crippen molar-refractivity contribution in [2.24, 2.45) is 0 Å². The molecule has 0 spiro atoms. The fourth-order valence-corrected chi connectivity index (χ4v) is 0.694. The molecule has 0 aromatic carbocycles. The Hall–Kier alpha value is -1.16. The molecule has 4 nitrogen and oxygen atoms in total. The first-order valence-corrected chi connectivity index (χ1v) is 3.32. The lowest BCUT2D eigenvalue weighted by atomic mass is 10.5. The molecule has 0 saturated heterocycles. The Morgan fingerprint density at radius 2 is 2.45 bits per heavy atom. The maximum atomic E-state index is 10.9. The molecule has 0 aliphatic heterocycles. The van der Waals surface area contributed by atoms with Crippen LogP contribution in [0, 0.1) is 0 Å². The maximum absolute atomic E-state index is 10.9. The topological polar surface area (TPSA) is 54.9 Å². The van der Waals surface area contributed by atoms with Crippen LogP contribution in [0.2, 0.25) is 5.15 Å². The SMILES string of the molecule is CNC(=O)c1nccc(Cl)n1. The van der Waals surface area contributed by atoms with Crippen LogP contribution in [0.3, 0.4) is 0 Å². The molecule has 0 aliphatic carbocycles. The zero-order valence-electron chi connectivity index (χ0n) is 5.84. The first-order valence-electron chi connectivity index (χ1n) is 2.94. The first kappa shape index (κ1) is 7.94. The summed E-state index contributed by atoms with van der Waals surface area (Å²) in [5, 5.41) is 2.65. The highest BCUT2D eigenvalue weighted by atomic mass is 35.5. The van der Waals surface area contributed by atoms with E-state index in [9.17, 15) is 4.79 Å². The number of nitrogens with one attached hydrogen (secondary N) is 1. The predicted molar refractivity (Wildman–Crippen MR) is 40.4 cm³/mol. The monoisotopic (exact) mass is 171 g/mol. The Balaban J connectivity index is 2.96. The lowest BCUT2D eigenvalue weighted by molar-refractivity contribution is 0.0952. The third kappa shape index (κ3) is 1.88. The van der Waals surface area contributed by atoms with Crippen molar-refractivity contribution in [1.82, 2.24) is 15.3 Å². The summed E-state index contributed by atoms with van der Waals surface area (Å²) in [5.41, 5.74) is 0. The van der Waals surface area contributed by atoms with Crippen molar-refractivity contribution >= 4 is 17.5 Å². The summed E-state index contributed by atoms with van der Waals surface area (Å²) < 4.78 is 0. The summed E-state index contributed by atoms with van der Waals surface area (Å²) in [4.78, 5) is 18.3. The second-order valence-corrected chi connectivity index (χ2v) is 2.17. The molecule has 0 saturated carbocycles. The molecule has 58 valence electrons. The van der Waals surface area contributed by atoms with Crippen LogP contribution >= 0.6 is 11.6 Å². The number of nitrogens with zero attached hydrogens (tertiary/aromatic N) is 2. The largest absolute Gasteiger partial charge is 0.352 e. The van der Waals surface area contributed by atoms with E-state index in [1.165, 1.54) is 19.3 Å². The Kier molecular flexibility index (Phi) is 2.38. The Morgan fingerprint density at radius 1 is 1.73 bits per heavy atom. The summed E-state index contributed by atoms with van der Waals surface area (Å²) in [6, 6.07) is 1.51. The summed E-state index contributed by atoms with van der Waals surface area (Å²) in [6.45, 7) is 0. The van der Waals surface area contributed by atoms with Crippen molar-refractivity contribution in [2.75, 3.05) is 7.05 Å². The van der Waals surface area contributed by atoms with Crippen molar-refractivity contribution < 1.29 is 4.79 Å². The second-order valence-electron chi connectivity index (χ2n) is 1.78. The van der Waals surface area contributed by atoms with Gasteiger partial charge in [0.1, 0.15) is 5.15 Å². The lowest BCUT2D eigenvalue weighted by Gasteiger charge is -1.95. The minimum Gasteiger partial charge on any atom is -0.352 e. The Morgan fingerprint density at radius 3 is 3.00 bits per heavy atom. The van der Waals surface area contributed by atoms with Gasteiger partial charge in [0.25, 0.3) is 5.91 Å². The first-order chi connectivity index (χ1) is 5.24. The fourth-order valence-electron chi connectivity index (χ4n) is 0.558. The summed E-state index contributed by atoms with van der Waals surface area (Å²) in [7, 11) is 1.51. The van der Waals surface area contributed by atoms with Gasteiger partial charge in [-0.05, 0) is 6.07 Å². The zero-order valence-corrected chi connectivity index (χ0v) is 6.59. The molecule has 0 aliphatic rings. The molecule has 1 heterocycles. The van der Waals surface area contributed by atoms with Crippen LogP contribution in [0.15, 0.2) is 12.3 Å². The van der Waals surface area contributed by atoms with Gasteiger partial charge in [-0.25, -0.2) is 9.97 Å². The standard InChI is InChI=1S/C6H6ClN3O/c1-8-6(11)5-9-3-2-4(7)10-5/h2-3H,1H3,(H,8,11). The number of amides is 1. The smallest absolute Gasteiger partial charge is 0.288 e. The van der Waals surface area contributed by atoms with Gasteiger partial charge in [0, 0.05) is 13.2 Å². The molecule has 0 fully saturated rings. The maximum Gasteiger partial charge on any atom is 0.288 e. The minimum atomic E-state index is -0.340. The van der Waals surface area contributed by atoms with E-state index < -0.39 is 0 Å². The van der Waals surface area contributed by atoms with Gasteiger partial charge in [-0.1, -0.05) is 11.6 Å². The quantitative estimate of drug-likeness (QED) is 0.626. The highest BCUT2D eigenvalue weighted by Crippen LogP contribution is 2.01. The number of carbonyl (C=O) groups excluding carboxylic acids is 1. The third-order valence-electron chi connectivity index (χ3n) is 1.05. The summed E-state index contributed by atoms with van der Waals surface area (Å²) >= 11 is 5.51. The molecular formula is C6H6ClN3O. The van der Waals surface area contributed by atoms with Gasteiger partial charge < -0.3 is 5.32 Å². The summed E-state index contributed by atoms with van der Waals surface area (Å²) in [5.74, 6) is -0.257. The van der Waals surface area contributed by atoms with Crippen LogP contribution in [0.4, 0.5) is 0 Å². The molecule has 0 radical (unpaired) electrons. The number of rotatable bonds is 1. The number of hydrogen-bond donors (Lipinski definition) is 1. The number of carbonyl (C=O) groups is 1. The second kappa shape index (κ2) is 3.30. The third-order valence-corrected chi connectivity index (χ3v) is 1.26. The van der Waals surface area contributed by atoms with Crippen LogP contribution < -0.4 is 5.32 Å². The zero-order chi connectivity index (χ0) is 8.27. The van der Waals surface area contributed by atoms with E-state index in [4.69, 9.17) is 11.6 Å². The van der Waals surface area contributed by atoms with Crippen LogP contribution in [0.5, 0.6) is 0 Å². The van der Waals surface area contributed by atoms with E-state index in [1.807, 2.05) is 0 Å². The molecule has 0 bridgehead atoms. The predicted octanol–water partition coefficient (Wildman–Crippen LogP) is 0.490. The van der Waals surface area contributed by atoms with Crippen LogP contribution in [-0.2, 0) is 0 Å². The van der Waals surface area contributed by atoms with Gasteiger partial charge >= 0.3 is 0 Å². The average molecular weight is 172 g/mol. The van der Waals surface area contributed by atoms with Crippen molar-refractivity contribution in [3.05, 3.63) is 23.2 Å². The van der Waals surface area contributed by atoms with Crippen LogP contribution in [-0.4, -0.2) is 22.9 Å². The number of hydrogen-bond acceptors (Lipinski definition) is 3. The van der Waals surface area contributed by atoms with Crippen molar-refractivity contribution in [3.8, 4) is 0 Å². The molecule has 11 heavy (non-hydrogen) atoms.